The van der Waals surface area contributed by atoms with E-state index in [0.717, 1.165) is 11.8 Å². The van der Waals surface area contributed by atoms with Crippen LogP contribution in [-0.2, 0) is 7.05 Å². The van der Waals surface area contributed by atoms with Gasteiger partial charge in [0.25, 0.3) is 0 Å². The second-order valence-corrected chi connectivity index (χ2v) is 5.89. The van der Waals surface area contributed by atoms with Crippen molar-refractivity contribution < 1.29 is 13.9 Å². The minimum atomic E-state index is -0.707. The molecule has 3 N–H and O–H groups in total. The number of hydrogen-bond acceptors (Lipinski definition) is 5. The molecule has 0 fully saturated rings. The number of carbonyl (C=O) groups excluding carboxylic acids is 1. The Morgan fingerprint density at radius 2 is 2.00 bits per heavy atom. The van der Waals surface area contributed by atoms with E-state index in [2.05, 4.69) is 15.5 Å². The first-order valence-electron chi connectivity index (χ1n) is 8.00. The highest BCUT2D eigenvalue weighted by atomic mass is 19.1. The Morgan fingerprint density at radius 3 is 2.70 bits per heavy atom. The lowest BCUT2D eigenvalue weighted by atomic mass is 10.2. The van der Waals surface area contributed by atoms with E-state index < -0.39 is 11.7 Å². The van der Waals surface area contributed by atoms with Crippen molar-refractivity contribution >= 4 is 22.8 Å². The molecule has 136 valence electrons. The number of halogens is 1. The quantitative estimate of drug-likeness (QED) is 0.566. The molecular weight excluding hydrogens is 351 g/mol. The topological polar surface area (TPSA) is 99.5 Å². The average Bonchev–Trinajstić information content (AvgIpc) is 3.25. The SMILES string of the molecule is Cn1cc(Nc2cc(Oc3ccc(C(N)=O)cc3F)c3ccnn3c2)cn1. The lowest BCUT2D eigenvalue weighted by Crippen LogP contribution is -2.11. The van der Waals surface area contributed by atoms with Crippen LogP contribution in [0.25, 0.3) is 5.52 Å². The Labute approximate surface area is 153 Å². The number of pyridine rings is 1. The Balaban J connectivity index is 1.70. The van der Waals surface area contributed by atoms with Gasteiger partial charge in [-0.15, -0.1) is 0 Å². The number of fused-ring (bicyclic) bond motifs is 1. The Kier molecular flexibility index (Phi) is 3.96. The monoisotopic (exact) mass is 366 g/mol. The molecule has 4 aromatic rings. The van der Waals surface area contributed by atoms with Gasteiger partial charge in [0.1, 0.15) is 5.52 Å². The standard InChI is InChI=1S/C18H15FN6O2/c1-24-9-13(8-22-24)23-12-7-17(15-4-5-21-25(15)10-12)27-16-3-2-11(18(20)26)6-14(16)19/h2-10,23H,1H3,(H2,20,26). The number of rotatable bonds is 5. The van der Waals surface area contributed by atoms with E-state index in [-0.39, 0.29) is 11.3 Å². The number of nitrogens with one attached hydrogen (secondary N) is 1. The normalized spacial score (nSPS) is 10.9. The van der Waals surface area contributed by atoms with Gasteiger partial charge in [0.15, 0.2) is 17.3 Å². The average molecular weight is 366 g/mol. The molecule has 0 unspecified atom stereocenters. The largest absolute Gasteiger partial charge is 0.452 e. The van der Waals surface area contributed by atoms with Crippen LogP contribution >= 0.6 is 0 Å². The summed E-state index contributed by atoms with van der Waals surface area (Å²) < 4.78 is 23.3. The van der Waals surface area contributed by atoms with Crippen molar-refractivity contribution in [3.8, 4) is 11.5 Å². The van der Waals surface area contributed by atoms with Crippen LogP contribution in [0.4, 0.5) is 15.8 Å². The summed E-state index contributed by atoms with van der Waals surface area (Å²) in [6.45, 7) is 0. The van der Waals surface area contributed by atoms with Crippen LogP contribution in [0, 0.1) is 5.82 Å². The van der Waals surface area contributed by atoms with Crippen LogP contribution in [0.3, 0.4) is 0 Å². The molecule has 0 aliphatic rings. The molecule has 1 amide bonds. The number of hydrogen-bond donors (Lipinski definition) is 2. The molecule has 3 heterocycles. The van der Waals surface area contributed by atoms with Crippen LogP contribution in [0.1, 0.15) is 10.4 Å². The zero-order chi connectivity index (χ0) is 19.0. The number of nitrogens with two attached hydrogens (primary N) is 1. The summed E-state index contributed by atoms with van der Waals surface area (Å²) >= 11 is 0. The molecule has 0 spiro atoms. The number of nitrogens with zero attached hydrogens (tertiary/aromatic N) is 4. The van der Waals surface area contributed by atoms with Crippen molar-refractivity contribution in [3.63, 3.8) is 0 Å². The van der Waals surface area contributed by atoms with Crippen molar-refractivity contribution in [2.45, 2.75) is 0 Å². The van der Waals surface area contributed by atoms with Crippen LogP contribution in [0.2, 0.25) is 0 Å². The number of amides is 1. The van der Waals surface area contributed by atoms with E-state index in [0.29, 0.717) is 17.0 Å². The molecule has 1 aromatic carbocycles. The zero-order valence-electron chi connectivity index (χ0n) is 14.3. The van der Waals surface area contributed by atoms with E-state index in [1.807, 2.05) is 13.2 Å². The number of anilines is 2. The number of carbonyl (C=O) groups is 1. The van der Waals surface area contributed by atoms with Crippen LogP contribution in [-0.4, -0.2) is 25.3 Å². The zero-order valence-corrected chi connectivity index (χ0v) is 14.3. The number of ether oxygens (including phenoxy) is 1. The molecule has 4 rings (SSSR count). The number of aromatic nitrogens is 4. The summed E-state index contributed by atoms with van der Waals surface area (Å²) in [6.07, 6.45) is 6.89. The molecule has 27 heavy (non-hydrogen) atoms. The highest BCUT2D eigenvalue weighted by Crippen LogP contribution is 2.31. The summed E-state index contributed by atoms with van der Waals surface area (Å²) in [5.41, 5.74) is 7.36. The van der Waals surface area contributed by atoms with Gasteiger partial charge in [-0.1, -0.05) is 0 Å². The van der Waals surface area contributed by atoms with Crippen LogP contribution in [0.5, 0.6) is 11.5 Å². The van der Waals surface area contributed by atoms with Gasteiger partial charge in [0, 0.05) is 24.9 Å². The first-order chi connectivity index (χ1) is 13.0. The van der Waals surface area contributed by atoms with Crippen LogP contribution < -0.4 is 15.8 Å². The highest BCUT2D eigenvalue weighted by molar-refractivity contribution is 5.92. The number of benzene rings is 1. The molecule has 0 saturated carbocycles. The van der Waals surface area contributed by atoms with E-state index >= 15 is 0 Å². The predicted octanol–water partition coefficient (Wildman–Crippen LogP) is 2.84. The number of primary amides is 1. The van der Waals surface area contributed by atoms with Gasteiger partial charge in [0.2, 0.25) is 5.91 Å². The van der Waals surface area contributed by atoms with Crippen molar-refractivity contribution in [1.29, 1.82) is 0 Å². The summed E-state index contributed by atoms with van der Waals surface area (Å²) in [6, 6.07) is 7.29. The van der Waals surface area contributed by atoms with Gasteiger partial charge in [-0.2, -0.15) is 10.2 Å². The molecule has 8 nitrogen and oxygen atoms in total. The van der Waals surface area contributed by atoms with Gasteiger partial charge in [-0.3, -0.25) is 9.48 Å². The Bertz CT molecular complexity index is 1150. The van der Waals surface area contributed by atoms with Gasteiger partial charge in [-0.05, 0) is 24.3 Å². The first-order valence-corrected chi connectivity index (χ1v) is 8.00. The maximum atomic E-state index is 14.3. The second kappa shape index (κ2) is 6.45. The van der Waals surface area contributed by atoms with Gasteiger partial charge in [-0.25, -0.2) is 8.91 Å². The molecule has 0 saturated heterocycles. The summed E-state index contributed by atoms with van der Waals surface area (Å²) in [7, 11) is 1.81. The second-order valence-electron chi connectivity index (χ2n) is 5.89. The fourth-order valence-electron chi connectivity index (χ4n) is 2.65. The van der Waals surface area contributed by atoms with E-state index in [1.54, 1.807) is 39.9 Å². The third-order valence-electron chi connectivity index (χ3n) is 3.90. The molecule has 3 aromatic heterocycles. The molecule has 0 atom stereocenters. The predicted molar refractivity (Wildman–Crippen MR) is 96.7 cm³/mol. The summed E-state index contributed by atoms with van der Waals surface area (Å²) in [4.78, 5) is 11.2. The van der Waals surface area contributed by atoms with E-state index in [4.69, 9.17) is 10.5 Å². The van der Waals surface area contributed by atoms with Crippen molar-refractivity contribution in [2.24, 2.45) is 12.8 Å². The smallest absolute Gasteiger partial charge is 0.248 e. The third kappa shape index (κ3) is 3.30. The third-order valence-corrected chi connectivity index (χ3v) is 3.90. The minimum Gasteiger partial charge on any atom is -0.452 e. The van der Waals surface area contributed by atoms with E-state index in [1.165, 1.54) is 12.1 Å². The maximum Gasteiger partial charge on any atom is 0.248 e. The first kappa shape index (κ1) is 16.6. The van der Waals surface area contributed by atoms with Gasteiger partial charge >= 0.3 is 0 Å². The molecule has 0 bridgehead atoms. The summed E-state index contributed by atoms with van der Waals surface area (Å²) in [5, 5.41) is 11.5. The van der Waals surface area contributed by atoms with Crippen molar-refractivity contribution in [1.82, 2.24) is 19.4 Å². The molecular formula is C18H15FN6O2. The number of aryl methyl sites for hydroxylation is 1. The lowest BCUT2D eigenvalue weighted by Gasteiger charge is -2.12. The Morgan fingerprint density at radius 1 is 1.15 bits per heavy atom. The van der Waals surface area contributed by atoms with E-state index in [9.17, 15) is 9.18 Å². The molecule has 9 heteroatoms. The fourth-order valence-corrected chi connectivity index (χ4v) is 2.65. The minimum absolute atomic E-state index is 0.0263. The van der Waals surface area contributed by atoms with Crippen molar-refractivity contribution in [3.05, 3.63) is 66.5 Å². The molecule has 0 radical (unpaired) electrons. The van der Waals surface area contributed by atoms with Gasteiger partial charge in [0.05, 0.1) is 30.0 Å². The molecule has 0 aliphatic heterocycles. The maximum absolute atomic E-state index is 14.3. The lowest BCUT2D eigenvalue weighted by molar-refractivity contribution is 0.1000. The van der Waals surface area contributed by atoms with Gasteiger partial charge < -0.3 is 15.8 Å². The molecule has 0 aliphatic carbocycles. The van der Waals surface area contributed by atoms with Crippen LogP contribution in [0.15, 0.2) is 55.1 Å². The Hall–Kier alpha value is -3.88. The fraction of sp³-hybridized carbons (Fsp3) is 0.0556. The highest BCUT2D eigenvalue weighted by Gasteiger charge is 2.13. The summed E-state index contributed by atoms with van der Waals surface area (Å²) in [5.74, 6) is -1.02. The van der Waals surface area contributed by atoms with Crippen molar-refractivity contribution in [2.75, 3.05) is 5.32 Å².